The molecule has 43 heavy (non-hydrogen) atoms. The zero-order valence-electron chi connectivity index (χ0n) is 23.9. The number of carbonyl (C=O) groups is 1. The molecule has 2 fully saturated rings. The van der Waals surface area contributed by atoms with Crippen LogP contribution in [0.3, 0.4) is 0 Å². The largest absolute Gasteiger partial charge is 0.397 e. The molecular formula is C33H32F3N5O2. The molecule has 222 valence electrons. The average Bonchev–Trinajstić information content (AvgIpc) is 3.57. The SMILES string of the molecule is C#C[C@](O)(c1ccc(-c2nc([C@@H]3CC[C@H]4CCC(=O)N4C3)n3ccnc(N)c23)cc1)c1cccc(C(C)(C)C(F)(F)F)c1. The minimum absolute atomic E-state index is 0.00700. The van der Waals surface area contributed by atoms with E-state index in [0.29, 0.717) is 47.2 Å². The number of aromatic nitrogens is 3. The highest BCUT2D eigenvalue weighted by atomic mass is 19.4. The van der Waals surface area contributed by atoms with Crippen molar-refractivity contribution in [1.82, 2.24) is 19.3 Å². The molecule has 0 aliphatic carbocycles. The number of aliphatic hydroxyl groups is 1. The molecule has 2 aliphatic rings. The first-order chi connectivity index (χ1) is 20.3. The molecule has 4 heterocycles. The minimum atomic E-state index is -4.49. The monoisotopic (exact) mass is 587 g/mol. The number of halogens is 3. The summed E-state index contributed by atoms with van der Waals surface area (Å²) in [5, 5.41) is 11.6. The van der Waals surface area contributed by atoms with E-state index in [2.05, 4.69) is 10.9 Å². The molecule has 4 aromatic rings. The van der Waals surface area contributed by atoms with Gasteiger partial charge >= 0.3 is 6.18 Å². The van der Waals surface area contributed by atoms with Crippen molar-refractivity contribution >= 4 is 17.2 Å². The molecule has 7 nitrogen and oxygen atoms in total. The number of fused-ring (bicyclic) bond motifs is 2. The quantitative estimate of drug-likeness (QED) is 0.298. The van der Waals surface area contributed by atoms with E-state index in [1.807, 2.05) is 15.5 Å². The average molecular weight is 588 g/mol. The Bertz CT molecular complexity index is 1760. The molecule has 0 unspecified atom stereocenters. The highest BCUT2D eigenvalue weighted by Gasteiger charge is 2.49. The van der Waals surface area contributed by atoms with Crippen LogP contribution in [0.2, 0.25) is 0 Å². The minimum Gasteiger partial charge on any atom is -0.382 e. The Morgan fingerprint density at radius 1 is 1.05 bits per heavy atom. The van der Waals surface area contributed by atoms with Gasteiger partial charge in [0.15, 0.2) is 5.60 Å². The smallest absolute Gasteiger partial charge is 0.382 e. The maximum Gasteiger partial charge on any atom is 0.397 e. The summed E-state index contributed by atoms with van der Waals surface area (Å²) in [4.78, 5) is 23.7. The molecule has 2 aromatic carbocycles. The number of alkyl halides is 3. The van der Waals surface area contributed by atoms with Crippen molar-refractivity contribution in [2.45, 2.75) is 68.7 Å². The number of anilines is 1. The number of hydrogen-bond donors (Lipinski definition) is 2. The van der Waals surface area contributed by atoms with E-state index >= 15 is 0 Å². The topological polar surface area (TPSA) is 96.8 Å². The number of piperidine rings is 1. The summed E-state index contributed by atoms with van der Waals surface area (Å²) in [6, 6.07) is 12.7. The molecule has 0 spiro atoms. The molecule has 6 rings (SSSR count). The molecule has 0 radical (unpaired) electrons. The lowest BCUT2D eigenvalue weighted by atomic mass is 9.79. The highest BCUT2D eigenvalue weighted by molar-refractivity contribution is 5.85. The standard InChI is InChI=1S/C33H32F3N5O2/c1-4-32(43,24-7-5-6-23(18-24)31(2,3)33(34,35)36)22-11-8-20(9-12-22)27-28-29(37)38-16-17-40(28)30(39-27)21-10-13-25-14-15-26(42)41(25)19-21/h1,5-9,11-12,16-18,21,25,43H,10,13-15,19H2,2-3H3,(H2,37,38)/t21-,25+,32+/m1/s1. The fourth-order valence-electron chi connectivity index (χ4n) is 6.35. The summed E-state index contributed by atoms with van der Waals surface area (Å²) < 4.78 is 43.2. The second-order valence-electron chi connectivity index (χ2n) is 12.0. The van der Waals surface area contributed by atoms with Crippen molar-refractivity contribution in [3.05, 3.63) is 83.4 Å². The van der Waals surface area contributed by atoms with E-state index < -0.39 is 17.2 Å². The van der Waals surface area contributed by atoms with E-state index in [1.165, 1.54) is 24.3 Å². The molecular weight excluding hydrogens is 555 g/mol. The number of benzene rings is 2. The number of imidazole rings is 1. The van der Waals surface area contributed by atoms with E-state index in [-0.39, 0.29) is 23.0 Å². The van der Waals surface area contributed by atoms with Crippen molar-refractivity contribution in [3.8, 4) is 23.6 Å². The van der Waals surface area contributed by atoms with Gasteiger partial charge in [0.1, 0.15) is 22.9 Å². The predicted octanol–water partition coefficient (Wildman–Crippen LogP) is 5.56. The molecule has 1 amide bonds. The van der Waals surface area contributed by atoms with Crippen LogP contribution in [0.15, 0.2) is 60.9 Å². The normalized spacial score (nSPS) is 20.6. The van der Waals surface area contributed by atoms with Gasteiger partial charge in [0.05, 0.1) is 5.41 Å². The fraction of sp³-hybridized carbons (Fsp3) is 0.364. The first-order valence-corrected chi connectivity index (χ1v) is 14.3. The molecule has 0 bridgehead atoms. The lowest BCUT2D eigenvalue weighted by Crippen LogP contribution is -2.41. The van der Waals surface area contributed by atoms with Crippen LogP contribution in [0.5, 0.6) is 0 Å². The van der Waals surface area contributed by atoms with Crippen LogP contribution >= 0.6 is 0 Å². The third-order valence-corrected chi connectivity index (χ3v) is 9.19. The van der Waals surface area contributed by atoms with Gasteiger partial charge in [-0.2, -0.15) is 13.2 Å². The van der Waals surface area contributed by atoms with Crippen LogP contribution in [-0.4, -0.2) is 49.0 Å². The zero-order chi connectivity index (χ0) is 30.7. The summed E-state index contributed by atoms with van der Waals surface area (Å²) in [7, 11) is 0. The number of terminal acetylenes is 1. The van der Waals surface area contributed by atoms with Gasteiger partial charge in [0, 0.05) is 54.0 Å². The number of hydrogen-bond acceptors (Lipinski definition) is 5. The van der Waals surface area contributed by atoms with Gasteiger partial charge in [-0.3, -0.25) is 9.20 Å². The zero-order valence-corrected chi connectivity index (χ0v) is 23.9. The third kappa shape index (κ3) is 4.63. The summed E-state index contributed by atoms with van der Waals surface area (Å²) in [6.45, 7) is 2.78. The van der Waals surface area contributed by atoms with Gasteiger partial charge in [-0.1, -0.05) is 54.5 Å². The van der Waals surface area contributed by atoms with Crippen molar-refractivity contribution < 1.29 is 23.1 Å². The maximum atomic E-state index is 13.8. The first kappa shape index (κ1) is 28.7. The molecule has 2 aliphatic heterocycles. The highest BCUT2D eigenvalue weighted by Crippen LogP contribution is 2.42. The van der Waals surface area contributed by atoms with Crippen LogP contribution in [0.25, 0.3) is 16.8 Å². The Hall–Kier alpha value is -4.36. The first-order valence-electron chi connectivity index (χ1n) is 14.3. The number of nitrogens with two attached hydrogens (primary N) is 1. The van der Waals surface area contributed by atoms with Crippen LogP contribution in [0, 0.1) is 12.3 Å². The Morgan fingerprint density at radius 2 is 1.77 bits per heavy atom. The van der Waals surface area contributed by atoms with E-state index in [0.717, 1.165) is 38.9 Å². The molecule has 3 atom stereocenters. The van der Waals surface area contributed by atoms with E-state index in [4.69, 9.17) is 17.1 Å². The van der Waals surface area contributed by atoms with Crippen LogP contribution in [0.1, 0.15) is 68.0 Å². The van der Waals surface area contributed by atoms with E-state index in [1.54, 1.807) is 30.5 Å². The van der Waals surface area contributed by atoms with Gasteiger partial charge in [-0.05, 0) is 38.7 Å². The fourth-order valence-corrected chi connectivity index (χ4v) is 6.35. The summed E-state index contributed by atoms with van der Waals surface area (Å²) in [5.74, 6) is 3.70. The van der Waals surface area contributed by atoms with Crippen LogP contribution in [0.4, 0.5) is 19.0 Å². The van der Waals surface area contributed by atoms with Crippen LogP contribution in [-0.2, 0) is 15.8 Å². The van der Waals surface area contributed by atoms with Crippen molar-refractivity contribution in [3.63, 3.8) is 0 Å². The molecule has 2 aromatic heterocycles. The number of amides is 1. The van der Waals surface area contributed by atoms with Crippen molar-refractivity contribution in [2.75, 3.05) is 12.3 Å². The van der Waals surface area contributed by atoms with Crippen molar-refractivity contribution in [2.24, 2.45) is 0 Å². The van der Waals surface area contributed by atoms with Crippen LogP contribution < -0.4 is 5.73 Å². The lowest BCUT2D eigenvalue weighted by Gasteiger charge is -2.34. The van der Waals surface area contributed by atoms with E-state index in [9.17, 15) is 23.1 Å². The van der Waals surface area contributed by atoms with Gasteiger partial charge in [0.2, 0.25) is 5.91 Å². The Morgan fingerprint density at radius 3 is 2.47 bits per heavy atom. The summed E-state index contributed by atoms with van der Waals surface area (Å²) in [6.07, 6.45) is 8.04. The number of nitrogen functional groups attached to an aromatic ring is 1. The van der Waals surface area contributed by atoms with Gasteiger partial charge in [-0.15, -0.1) is 6.42 Å². The van der Waals surface area contributed by atoms with Gasteiger partial charge in [-0.25, -0.2) is 9.97 Å². The van der Waals surface area contributed by atoms with Gasteiger partial charge in [0.25, 0.3) is 0 Å². The molecule has 10 heteroatoms. The Labute approximate surface area is 247 Å². The Kier molecular flexibility index (Phi) is 6.77. The molecule has 2 saturated heterocycles. The lowest BCUT2D eigenvalue weighted by molar-refractivity contribution is -0.180. The predicted molar refractivity (Wildman–Crippen MR) is 157 cm³/mol. The molecule has 3 N–H and O–H groups in total. The third-order valence-electron chi connectivity index (χ3n) is 9.19. The molecule has 0 saturated carbocycles. The maximum absolute atomic E-state index is 13.8. The second-order valence-corrected chi connectivity index (χ2v) is 12.0. The van der Waals surface area contributed by atoms with Gasteiger partial charge < -0.3 is 15.7 Å². The summed E-state index contributed by atoms with van der Waals surface area (Å²) in [5.41, 5.74) is 4.63. The summed E-state index contributed by atoms with van der Waals surface area (Å²) >= 11 is 0. The Balaban J connectivity index is 1.37. The number of nitrogens with zero attached hydrogens (tertiary/aromatic N) is 4. The van der Waals surface area contributed by atoms with Crippen molar-refractivity contribution in [1.29, 1.82) is 0 Å². The number of rotatable bonds is 5. The number of carbonyl (C=O) groups excluding carboxylic acids is 1. The second kappa shape index (κ2) is 10.1.